The van der Waals surface area contributed by atoms with E-state index in [2.05, 4.69) is 5.32 Å². The van der Waals surface area contributed by atoms with Crippen LogP contribution in [0.3, 0.4) is 0 Å². The van der Waals surface area contributed by atoms with Crippen LogP contribution in [0.5, 0.6) is 0 Å². The minimum absolute atomic E-state index is 0.135. The first-order valence-electron chi connectivity index (χ1n) is 4.43. The van der Waals surface area contributed by atoms with Gasteiger partial charge in [-0.05, 0) is 36.7 Å². The van der Waals surface area contributed by atoms with Gasteiger partial charge in [-0.15, -0.1) is 0 Å². The molecular weight excluding hydrogens is 172 g/mol. The lowest BCUT2D eigenvalue weighted by molar-refractivity contribution is 0.567. The largest absolute Gasteiger partial charge is 0.316 e. The van der Waals surface area contributed by atoms with Gasteiger partial charge < -0.3 is 5.32 Å². The third-order valence-electron chi connectivity index (χ3n) is 2.46. The van der Waals surface area contributed by atoms with E-state index in [-0.39, 0.29) is 17.6 Å². The molecule has 1 nitrogen and oxygen atoms in total. The smallest absolute Gasteiger partial charge is 0.126 e. The van der Waals surface area contributed by atoms with Crippen LogP contribution in [0.4, 0.5) is 8.78 Å². The van der Waals surface area contributed by atoms with Gasteiger partial charge in [0.2, 0.25) is 0 Å². The first-order chi connectivity index (χ1) is 6.27. The van der Waals surface area contributed by atoms with Crippen LogP contribution in [0.2, 0.25) is 0 Å². The third-order valence-corrected chi connectivity index (χ3v) is 2.46. The van der Waals surface area contributed by atoms with Crippen LogP contribution in [-0.2, 0) is 0 Å². The van der Waals surface area contributed by atoms with Crippen LogP contribution in [0.15, 0.2) is 18.2 Å². The highest BCUT2D eigenvalue weighted by atomic mass is 19.1. The van der Waals surface area contributed by atoms with Gasteiger partial charge in [-0.25, -0.2) is 8.78 Å². The molecule has 1 aromatic rings. The number of benzene rings is 1. The Labute approximate surface area is 75.8 Å². The Morgan fingerprint density at radius 3 is 2.85 bits per heavy atom. The second-order valence-electron chi connectivity index (χ2n) is 3.36. The van der Waals surface area contributed by atoms with Crippen LogP contribution >= 0.6 is 0 Å². The Morgan fingerprint density at radius 1 is 1.31 bits per heavy atom. The van der Waals surface area contributed by atoms with Crippen molar-refractivity contribution in [1.29, 1.82) is 0 Å². The summed E-state index contributed by atoms with van der Waals surface area (Å²) in [5.41, 5.74) is 0.505. The summed E-state index contributed by atoms with van der Waals surface area (Å²) in [4.78, 5) is 0. The Hall–Kier alpha value is -0.960. The lowest BCUT2D eigenvalue weighted by Crippen LogP contribution is -2.09. The predicted octanol–water partition coefficient (Wildman–Crippen LogP) is 2.04. The summed E-state index contributed by atoms with van der Waals surface area (Å²) in [5.74, 6) is -0.519. The van der Waals surface area contributed by atoms with Gasteiger partial charge in [0.25, 0.3) is 0 Å². The summed E-state index contributed by atoms with van der Waals surface area (Å²) in [6, 6.07) is 3.65. The topological polar surface area (TPSA) is 12.0 Å². The summed E-state index contributed by atoms with van der Waals surface area (Å²) in [6.45, 7) is 1.64. The minimum Gasteiger partial charge on any atom is -0.316 e. The molecule has 1 aliphatic rings. The number of hydrogen-bond donors (Lipinski definition) is 1. The molecule has 1 fully saturated rings. The van der Waals surface area contributed by atoms with Gasteiger partial charge in [0.05, 0.1) is 0 Å². The predicted molar refractivity (Wildman–Crippen MR) is 46.6 cm³/mol. The quantitative estimate of drug-likeness (QED) is 0.702. The van der Waals surface area contributed by atoms with E-state index in [9.17, 15) is 8.78 Å². The first-order valence-corrected chi connectivity index (χ1v) is 4.43. The molecule has 1 aliphatic heterocycles. The fraction of sp³-hybridized carbons (Fsp3) is 0.400. The van der Waals surface area contributed by atoms with Gasteiger partial charge in [-0.1, -0.05) is 0 Å². The molecule has 0 radical (unpaired) electrons. The van der Waals surface area contributed by atoms with Crippen molar-refractivity contribution in [2.45, 2.75) is 12.3 Å². The lowest BCUT2D eigenvalue weighted by Gasteiger charge is -2.09. The Morgan fingerprint density at radius 2 is 2.15 bits per heavy atom. The van der Waals surface area contributed by atoms with Crippen LogP contribution in [0.25, 0.3) is 0 Å². The van der Waals surface area contributed by atoms with Crippen molar-refractivity contribution < 1.29 is 8.78 Å². The van der Waals surface area contributed by atoms with E-state index in [0.717, 1.165) is 25.6 Å². The van der Waals surface area contributed by atoms with E-state index in [4.69, 9.17) is 0 Å². The fourth-order valence-corrected chi connectivity index (χ4v) is 1.75. The Balaban J connectivity index is 2.32. The van der Waals surface area contributed by atoms with Crippen LogP contribution in [0, 0.1) is 11.6 Å². The summed E-state index contributed by atoms with van der Waals surface area (Å²) in [6.07, 6.45) is 0.889. The summed E-state index contributed by atoms with van der Waals surface area (Å²) in [7, 11) is 0. The van der Waals surface area contributed by atoms with E-state index in [1.54, 1.807) is 0 Å². The van der Waals surface area contributed by atoms with E-state index >= 15 is 0 Å². The van der Waals surface area contributed by atoms with Crippen LogP contribution < -0.4 is 5.32 Å². The molecule has 0 aromatic heterocycles. The Bertz CT molecular complexity index is 306. The molecule has 1 unspecified atom stereocenters. The summed E-state index contributed by atoms with van der Waals surface area (Å²) >= 11 is 0. The molecule has 0 spiro atoms. The van der Waals surface area contributed by atoms with Gasteiger partial charge >= 0.3 is 0 Å². The van der Waals surface area contributed by atoms with Gasteiger partial charge in [-0.2, -0.15) is 0 Å². The van der Waals surface area contributed by atoms with Crippen LogP contribution in [-0.4, -0.2) is 13.1 Å². The molecule has 0 amide bonds. The molecule has 3 heteroatoms. The molecule has 13 heavy (non-hydrogen) atoms. The summed E-state index contributed by atoms with van der Waals surface area (Å²) in [5, 5.41) is 3.13. The zero-order chi connectivity index (χ0) is 9.26. The molecule has 70 valence electrons. The van der Waals surface area contributed by atoms with Crippen molar-refractivity contribution in [3.05, 3.63) is 35.4 Å². The number of nitrogens with one attached hydrogen (secondary N) is 1. The van der Waals surface area contributed by atoms with Gasteiger partial charge in [0.1, 0.15) is 11.6 Å². The maximum atomic E-state index is 13.2. The molecule has 1 saturated heterocycles. The van der Waals surface area contributed by atoms with Gasteiger partial charge in [0.15, 0.2) is 0 Å². The second kappa shape index (κ2) is 3.42. The lowest BCUT2D eigenvalue weighted by atomic mass is 9.98. The van der Waals surface area contributed by atoms with E-state index in [1.165, 1.54) is 12.1 Å². The minimum atomic E-state index is -0.358. The van der Waals surface area contributed by atoms with Crippen molar-refractivity contribution >= 4 is 0 Å². The normalized spacial score (nSPS) is 22.2. The maximum Gasteiger partial charge on any atom is 0.126 e. The van der Waals surface area contributed by atoms with Gasteiger partial charge in [0, 0.05) is 12.5 Å². The highest BCUT2D eigenvalue weighted by Crippen LogP contribution is 2.25. The van der Waals surface area contributed by atoms with Gasteiger partial charge in [-0.3, -0.25) is 0 Å². The molecule has 1 heterocycles. The first kappa shape index (κ1) is 8.63. The molecule has 2 rings (SSSR count). The number of halogens is 2. The molecule has 1 aromatic carbocycles. The number of rotatable bonds is 1. The molecule has 0 bridgehead atoms. The zero-order valence-corrected chi connectivity index (χ0v) is 7.19. The average molecular weight is 183 g/mol. The molecular formula is C10H11F2N. The Kier molecular flexibility index (Phi) is 2.27. The van der Waals surface area contributed by atoms with Crippen molar-refractivity contribution in [1.82, 2.24) is 5.32 Å². The van der Waals surface area contributed by atoms with Crippen molar-refractivity contribution in [2.75, 3.05) is 13.1 Å². The summed E-state index contributed by atoms with van der Waals surface area (Å²) < 4.78 is 26.0. The SMILES string of the molecule is Fc1ccc(F)c(C2CCNC2)c1. The standard InChI is InChI=1S/C10H11F2N/c11-8-1-2-10(12)9(5-8)7-3-4-13-6-7/h1-2,5,7,13H,3-4,6H2. The van der Waals surface area contributed by atoms with Crippen molar-refractivity contribution in [3.8, 4) is 0 Å². The highest BCUT2D eigenvalue weighted by molar-refractivity contribution is 5.24. The number of hydrogen-bond acceptors (Lipinski definition) is 1. The van der Waals surface area contributed by atoms with Crippen LogP contribution in [0.1, 0.15) is 17.9 Å². The van der Waals surface area contributed by atoms with E-state index < -0.39 is 0 Å². The molecule has 0 saturated carbocycles. The molecule has 1 N–H and O–H groups in total. The third kappa shape index (κ3) is 1.70. The zero-order valence-electron chi connectivity index (χ0n) is 7.19. The monoisotopic (exact) mass is 183 g/mol. The fourth-order valence-electron chi connectivity index (χ4n) is 1.75. The van der Waals surface area contributed by atoms with Crippen molar-refractivity contribution in [3.63, 3.8) is 0 Å². The van der Waals surface area contributed by atoms with Crippen molar-refractivity contribution in [2.24, 2.45) is 0 Å². The van der Waals surface area contributed by atoms with E-state index in [0.29, 0.717) is 5.56 Å². The second-order valence-corrected chi connectivity index (χ2v) is 3.36. The van der Waals surface area contributed by atoms with E-state index in [1.807, 2.05) is 0 Å². The maximum absolute atomic E-state index is 13.2. The average Bonchev–Trinajstić information content (AvgIpc) is 2.61. The molecule has 0 aliphatic carbocycles. The highest BCUT2D eigenvalue weighted by Gasteiger charge is 2.20. The molecule has 1 atom stereocenters.